The van der Waals surface area contributed by atoms with Gasteiger partial charge < -0.3 is 5.32 Å². The fraction of sp³-hybridized carbons (Fsp3) is 0.429. The first kappa shape index (κ1) is 17.5. The zero-order valence-corrected chi connectivity index (χ0v) is 16.1. The van der Waals surface area contributed by atoms with Gasteiger partial charge in [0.25, 0.3) is 0 Å². The quantitative estimate of drug-likeness (QED) is 0.700. The number of hydrogen-bond donors (Lipinski definition) is 1. The Morgan fingerprint density at radius 2 is 1.72 bits per heavy atom. The van der Waals surface area contributed by atoms with Crippen LogP contribution in [0.4, 0.5) is 5.82 Å². The maximum Gasteiger partial charge on any atom is 0.140 e. The highest BCUT2D eigenvalue weighted by atomic mass is 15.2. The lowest BCUT2D eigenvalue weighted by molar-refractivity contribution is 0.302. The smallest absolute Gasteiger partial charge is 0.140 e. The second kappa shape index (κ2) is 6.17. The standard InChI is InChI=1S/C21H28N4/c1-15-10-9-11-16(22-15)18-19(24-21(5,6)14-20(2,3)4)25-13-8-7-12-17(25)23-18/h7-13,24H,14H2,1-6H3. The van der Waals surface area contributed by atoms with E-state index in [0.29, 0.717) is 0 Å². The van der Waals surface area contributed by atoms with Gasteiger partial charge in [0.05, 0.1) is 5.69 Å². The molecule has 0 unspecified atom stereocenters. The van der Waals surface area contributed by atoms with E-state index in [1.807, 2.05) is 43.3 Å². The average molecular weight is 336 g/mol. The molecule has 0 fully saturated rings. The molecule has 4 nitrogen and oxygen atoms in total. The van der Waals surface area contributed by atoms with Crippen molar-refractivity contribution < 1.29 is 0 Å². The maximum atomic E-state index is 4.84. The molecule has 3 heterocycles. The molecule has 0 aromatic carbocycles. The molecule has 0 radical (unpaired) electrons. The second-order valence-electron chi connectivity index (χ2n) is 8.65. The first-order valence-corrected chi connectivity index (χ1v) is 8.84. The SMILES string of the molecule is Cc1cccc(-c2nc3ccccn3c2NC(C)(C)CC(C)(C)C)n1. The number of fused-ring (bicyclic) bond motifs is 1. The number of anilines is 1. The topological polar surface area (TPSA) is 42.2 Å². The minimum atomic E-state index is -0.0668. The van der Waals surface area contributed by atoms with Crippen LogP contribution < -0.4 is 5.32 Å². The van der Waals surface area contributed by atoms with Gasteiger partial charge in [0.1, 0.15) is 17.2 Å². The van der Waals surface area contributed by atoms with E-state index in [-0.39, 0.29) is 11.0 Å². The summed E-state index contributed by atoms with van der Waals surface area (Å²) in [6.45, 7) is 13.3. The van der Waals surface area contributed by atoms with Crippen molar-refractivity contribution in [2.45, 2.75) is 53.5 Å². The number of pyridine rings is 2. The highest BCUT2D eigenvalue weighted by molar-refractivity contribution is 5.74. The van der Waals surface area contributed by atoms with Crippen LogP contribution in [0.3, 0.4) is 0 Å². The summed E-state index contributed by atoms with van der Waals surface area (Å²) in [5.74, 6) is 1.00. The molecule has 0 saturated carbocycles. The van der Waals surface area contributed by atoms with E-state index in [9.17, 15) is 0 Å². The molecule has 0 amide bonds. The van der Waals surface area contributed by atoms with Crippen LogP contribution in [0.25, 0.3) is 17.0 Å². The summed E-state index contributed by atoms with van der Waals surface area (Å²) in [6.07, 6.45) is 3.10. The molecular weight excluding hydrogens is 308 g/mol. The summed E-state index contributed by atoms with van der Waals surface area (Å²) in [5, 5.41) is 3.74. The van der Waals surface area contributed by atoms with Crippen LogP contribution in [0.1, 0.15) is 46.7 Å². The molecule has 0 aliphatic heterocycles. The molecule has 25 heavy (non-hydrogen) atoms. The molecule has 3 aromatic rings. The van der Waals surface area contributed by atoms with Crippen molar-refractivity contribution in [1.82, 2.24) is 14.4 Å². The molecule has 4 heteroatoms. The first-order valence-electron chi connectivity index (χ1n) is 8.84. The van der Waals surface area contributed by atoms with Crippen LogP contribution in [-0.2, 0) is 0 Å². The summed E-state index contributed by atoms with van der Waals surface area (Å²) in [6, 6.07) is 12.1. The number of hydrogen-bond acceptors (Lipinski definition) is 3. The lowest BCUT2D eigenvalue weighted by Crippen LogP contribution is -2.36. The summed E-state index contributed by atoms with van der Waals surface area (Å²) >= 11 is 0. The number of nitrogens with zero attached hydrogens (tertiary/aromatic N) is 3. The molecule has 3 rings (SSSR count). The van der Waals surface area contributed by atoms with Gasteiger partial charge in [-0.05, 0) is 56.9 Å². The van der Waals surface area contributed by atoms with E-state index < -0.39 is 0 Å². The highest BCUT2D eigenvalue weighted by Crippen LogP contribution is 2.34. The van der Waals surface area contributed by atoms with Crippen molar-refractivity contribution in [2.24, 2.45) is 5.41 Å². The van der Waals surface area contributed by atoms with E-state index in [1.165, 1.54) is 0 Å². The Morgan fingerprint density at radius 1 is 0.960 bits per heavy atom. The fourth-order valence-electron chi connectivity index (χ4n) is 3.66. The minimum absolute atomic E-state index is 0.0668. The van der Waals surface area contributed by atoms with Crippen molar-refractivity contribution in [3.63, 3.8) is 0 Å². The first-order chi connectivity index (χ1) is 11.6. The molecule has 0 aliphatic rings. The highest BCUT2D eigenvalue weighted by Gasteiger charge is 2.28. The molecule has 3 aromatic heterocycles. The van der Waals surface area contributed by atoms with Crippen LogP contribution in [0, 0.1) is 12.3 Å². The van der Waals surface area contributed by atoms with Gasteiger partial charge in [-0.3, -0.25) is 9.38 Å². The number of imidazole rings is 1. The number of aryl methyl sites for hydroxylation is 1. The van der Waals surface area contributed by atoms with Gasteiger partial charge in [-0.25, -0.2) is 4.98 Å². The van der Waals surface area contributed by atoms with Crippen LogP contribution >= 0.6 is 0 Å². The molecular formula is C21H28N4. The van der Waals surface area contributed by atoms with Crippen molar-refractivity contribution in [2.75, 3.05) is 5.32 Å². The Bertz CT molecular complexity index is 884. The minimum Gasteiger partial charge on any atom is -0.364 e. The molecule has 0 aliphatic carbocycles. The van der Waals surface area contributed by atoms with Gasteiger partial charge >= 0.3 is 0 Å². The normalized spacial score (nSPS) is 12.6. The molecule has 1 N–H and O–H groups in total. The molecule has 132 valence electrons. The van der Waals surface area contributed by atoms with Gasteiger partial charge in [0.2, 0.25) is 0 Å². The van der Waals surface area contributed by atoms with Gasteiger partial charge in [-0.1, -0.05) is 32.9 Å². The maximum absolute atomic E-state index is 4.84. The summed E-state index contributed by atoms with van der Waals surface area (Å²) in [4.78, 5) is 9.53. The number of rotatable bonds is 4. The predicted octanol–water partition coefficient (Wildman–Crippen LogP) is 5.33. The van der Waals surface area contributed by atoms with Crippen molar-refractivity contribution in [1.29, 1.82) is 0 Å². The van der Waals surface area contributed by atoms with Gasteiger partial charge in [0, 0.05) is 17.4 Å². The zero-order valence-electron chi connectivity index (χ0n) is 16.1. The number of aromatic nitrogens is 3. The van der Waals surface area contributed by atoms with Crippen molar-refractivity contribution in [3.05, 3.63) is 48.3 Å². The Balaban J connectivity index is 2.11. The summed E-state index contributed by atoms with van der Waals surface area (Å²) in [7, 11) is 0. The summed E-state index contributed by atoms with van der Waals surface area (Å²) < 4.78 is 2.11. The van der Waals surface area contributed by atoms with Crippen LogP contribution in [-0.4, -0.2) is 19.9 Å². The van der Waals surface area contributed by atoms with Crippen LogP contribution in [0.15, 0.2) is 42.6 Å². The Labute approximate surface area is 150 Å². The second-order valence-corrected chi connectivity index (χ2v) is 8.65. The third-order valence-corrected chi connectivity index (χ3v) is 4.09. The third kappa shape index (κ3) is 4.01. The van der Waals surface area contributed by atoms with Crippen LogP contribution in [0.2, 0.25) is 0 Å². The third-order valence-electron chi connectivity index (χ3n) is 4.09. The van der Waals surface area contributed by atoms with E-state index in [2.05, 4.69) is 55.5 Å². The Kier molecular flexibility index (Phi) is 4.31. The van der Waals surface area contributed by atoms with E-state index >= 15 is 0 Å². The molecule has 0 spiro atoms. The van der Waals surface area contributed by atoms with Crippen molar-refractivity contribution >= 4 is 11.5 Å². The van der Waals surface area contributed by atoms with Gasteiger partial charge in [-0.2, -0.15) is 0 Å². The van der Waals surface area contributed by atoms with E-state index in [0.717, 1.165) is 35.0 Å². The summed E-state index contributed by atoms with van der Waals surface area (Å²) in [5.41, 5.74) is 3.89. The van der Waals surface area contributed by atoms with E-state index in [1.54, 1.807) is 0 Å². The van der Waals surface area contributed by atoms with E-state index in [4.69, 9.17) is 4.98 Å². The molecule has 0 atom stereocenters. The largest absolute Gasteiger partial charge is 0.364 e. The average Bonchev–Trinajstić information content (AvgIpc) is 2.83. The fourth-order valence-corrected chi connectivity index (χ4v) is 3.66. The Hall–Kier alpha value is -2.36. The number of nitrogens with one attached hydrogen (secondary N) is 1. The zero-order chi connectivity index (χ0) is 18.2. The predicted molar refractivity (Wildman–Crippen MR) is 105 cm³/mol. The lowest BCUT2D eigenvalue weighted by Gasteiger charge is -2.34. The Morgan fingerprint density at radius 3 is 2.40 bits per heavy atom. The van der Waals surface area contributed by atoms with Gasteiger partial charge in [-0.15, -0.1) is 0 Å². The van der Waals surface area contributed by atoms with Crippen molar-refractivity contribution in [3.8, 4) is 11.4 Å². The van der Waals surface area contributed by atoms with Gasteiger partial charge in [0.15, 0.2) is 0 Å². The molecule has 0 saturated heterocycles. The lowest BCUT2D eigenvalue weighted by atomic mass is 9.82. The molecule has 0 bridgehead atoms. The monoisotopic (exact) mass is 336 g/mol. The van der Waals surface area contributed by atoms with Crippen LogP contribution in [0.5, 0.6) is 0 Å².